The topological polar surface area (TPSA) is 106 Å². The van der Waals surface area contributed by atoms with E-state index in [0.717, 1.165) is 68.3 Å². The van der Waals surface area contributed by atoms with Crippen LogP contribution in [0.1, 0.15) is 50.5 Å². The molecule has 0 atom stereocenters. The third-order valence-electron chi connectivity index (χ3n) is 10.3. The molecule has 4 N–H and O–H groups in total. The van der Waals surface area contributed by atoms with Gasteiger partial charge in [-0.1, -0.05) is 11.3 Å². The number of nitrogens with zero attached hydrogens (tertiary/aromatic N) is 5. The van der Waals surface area contributed by atoms with Crippen LogP contribution in [0.5, 0.6) is 6.01 Å². The lowest BCUT2D eigenvalue weighted by Gasteiger charge is -2.72. The van der Waals surface area contributed by atoms with Crippen LogP contribution < -0.4 is 21.1 Å². The maximum atomic E-state index is 16.8. The predicted octanol–water partition coefficient (Wildman–Crippen LogP) is 5.86. The standard InChI is InChI=1S/C30H30F5N7OS/c1-41(29-11-27(37,12-29)13-29)24-16-10-17(30(33,34)35)19(15-4-5-18(31)23-22(15)38-25(36)44-23)20(32)21(16)39-26(40-24)43-14-28-6-2-8-42(28)9-3-7-28/h4-5,10H,2-3,6-9,11-14,37H2,1H3,(H2,36,38). The highest BCUT2D eigenvalue weighted by Crippen LogP contribution is 2.62. The number of nitrogens with two attached hydrogens (primary N) is 2. The molecule has 2 aliphatic heterocycles. The third-order valence-corrected chi connectivity index (χ3v) is 11.2. The first-order chi connectivity index (χ1) is 20.8. The molecule has 4 aromatic rings. The fraction of sp³-hybridized carbons (Fsp3) is 0.500. The molecule has 232 valence electrons. The summed E-state index contributed by atoms with van der Waals surface area (Å²) in [6.45, 7) is 2.25. The van der Waals surface area contributed by atoms with Crippen molar-refractivity contribution in [3.8, 4) is 17.1 Å². The Morgan fingerprint density at radius 3 is 2.41 bits per heavy atom. The zero-order chi connectivity index (χ0) is 30.8. The zero-order valence-electron chi connectivity index (χ0n) is 23.9. The Morgan fingerprint density at radius 1 is 1.05 bits per heavy atom. The van der Waals surface area contributed by atoms with Gasteiger partial charge in [-0.15, -0.1) is 0 Å². The number of rotatable bonds is 6. The first-order valence-electron chi connectivity index (χ1n) is 14.7. The van der Waals surface area contributed by atoms with E-state index in [-0.39, 0.29) is 60.3 Å². The van der Waals surface area contributed by atoms with E-state index in [4.69, 9.17) is 16.2 Å². The van der Waals surface area contributed by atoms with Crippen LogP contribution in [0.3, 0.4) is 0 Å². The zero-order valence-corrected chi connectivity index (χ0v) is 24.7. The fourth-order valence-electron chi connectivity index (χ4n) is 8.24. The van der Waals surface area contributed by atoms with Crippen LogP contribution >= 0.6 is 11.3 Å². The minimum atomic E-state index is -4.97. The summed E-state index contributed by atoms with van der Waals surface area (Å²) in [7, 11) is 1.75. The lowest BCUT2D eigenvalue weighted by atomic mass is 9.44. The van der Waals surface area contributed by atoms with Crippen molar-refractivity contribution in [1.29, 1.82) is 0 Å². The minimum Gasteiger partial charge on any atom is -0.461 e. The van der Waals surface area contributed by atoms with Gasteiger partial charge in [0.1, 0.15) is 23.8 Å². The summed E-state index contributed by atoms with van der Waals surface area (Å²) >= 11 is 0.782. The van der Waals surface area contributed by atoms with Gasteiger partial charge in [-0.3, -0.25) is 4.90 Å². The van der Waals surface area contributed by atoms with Crippen molar-refractivity contribution in [3.63, 3.8) is 0 Å². The average Bonchev–Trinajstić information content (AvgIpc) is 3.63. The van der Waals surface area contributed by atoms with E-state index in [9.17, 15) is 17.6 Å². The van der Waals surface area contributed by atoms with E-state index < -0.39 is 28.9 Å². The van der Waals surface area contributed by atoms with Crippen LogP contribution in [0.2, 0.25) is 0 Å². The molecule has 5 aliphatic rings. The van der Waals surface area contributed by atoms with E-state index in [0.29, 0.717) is 25.9 Å². The van der Waals surface area contributed by atoms with Crippen LogP contribution in [0.4, 0.5) is 32.9 Å². The molecule has 4 heterocycles. The molecule has 0 unspecified atom stereocenters. The first-order valence-corrected chi connectivity index (χ1v) is 15.5. The number of halogens is 5. The smallest absolute Gasteiger partial charge is 0.417 e. The second-order valence-electron chi connectivity index (χ2n) is 13.0. The average molecular weight is 632 g/mol. The van der Waals surface area contributed by atoms with Gasteiger partial charge in [-0.25, -0.2) is 13.8 Å². The summed E-state index contributed by atoms with van der Waals surface area (Å²) in [6, 6.07) is 2.87. The molecule has 0 amide bonds. The summed E-state index contributed by atoms with van der Waals surface area (Å²) in [5.41, 5.74) is 8.56. The highest BCUT2D eigenvalue weighted by molar-refractivity contribution is 7.22. The predicted molar refractivity (Wildman–Crippen MR) is 158 cm³/mol. The van der Waals surface area contributed by atoms with Gasteiger partial charge in [0.15, 0.2) is 10.9 Å². The van der Waals surface area contributed by atoms with Gasteiger partial charge in [0.25, 0.3) is 0 Å². The molecule has 2 aromatic carbocycles. The minimum absolute atomic E-state index is 0.0495. The van der Waals surface area contributed by atoms with Crippen molar-refractivity contribution in [2.24, 2.45) is 5.73 Å². The fourth-order valence-corrected chi connectivity index (χ4v) is 9.01. The first kappa shape index (κ1) is 28.1. The Labute approximate surface area is 253 Å². The van der Waals surface area contributed by atoms with Gasteiger partial charge in [-0.2, -0.15) is 23.1 Å². The molecular weight excluding hydrogens is 601 g/mol. The third kappa shape index (κ3) is 3.96. The number of nitrogen functional groups attached to an aromatic ring is 1. The van der Waals surface area contributed by atoms with Gasteiger partial charge in [0.05, 0.1) is 21.3 Å². The summed E-state index contributed by atoms with van der Waals surface area (Å²) in [5.74, 6) is -1.78. The number of hydrogen-bond acceptors (Lipinski definition) is 9. The molecule has 8 nitrogen and oxygen atoms in total. The molecule has 3 saturated carbocycles. The maximum absolute atomic E-state index is 16.8. The van der Waals surface area contributed by atoms with Crippen molar-refractivity contribution in [1.82, 2.24) is 19.9 Å². The van der Waals surface area contributed by atoms with Gasteiger partial charge in [-0.05, 0) is 76.2 Å². The van der Waals surface area contributed by atoms with Crippen molar-refractivity contribution >= 4 is 43.4 Å². The second-order valence-corrected chi connectivity index (χ2v) is 14.1. The van der Waals surface area contributed by atoms with Crippen molar-refractivity contribution in [2.45, 2.75) is 67.7 Å². The van der Waals surface area contributed by atoms with Crippen molar-refractivity contribution in [2.75, 3.05) is 37.4 Å². The number of aromatic nitrogens is 3. The van der Waals surface area contributed by atoms with Crippen molar-refractivity contribution < 1.29 is 26.7 Å². The quantitative estimate of drug-likeness (QED) is 0.255. The molecule has 5 fully saturated rings. The summed E-state index contributed by atoms with van der Waals surface area (Å²) in [5, 5.41) is -0.145. The van der Waals surface area contributed by atoms with Crippen LogP contribution in [0, 0.1) is 11.6 Å². The SMILES string of the molecule is CN(c1nc(OCC23CCCN2CCC3)nc2c(F)c(-c3ccc(F)c4sc(N)nc34)c(C(F)(F)F)cc12)C12CC(N)(C1)C2. The van der Waals surface area contributed by atoms with Gasteiger partial charge in [0.2, 0.25) is 0 Å². The molecule has 0 spiro atoms. The molecule has 3 aliphatic carbocycles. The molecule has 9 rings (SSSR count). The molecule has 2 bridgehead atoms. The molecule has 2 aromatic heterocycles. The number of alkyl halides is 3. The Morgan fingerprint density at radius 2 is 1.75 bits per heavy atom. The Hall–Kier alpha value is -3.36. The van der Waals surface area contributed by atoms with E-state index in [2.05, 4.69) is 19.9 Å². The molecular formula is C30H30F5N7OS. The number of benzene rings is 2. The molecule has 2 saturated heterocycles. The lowest BCUT2D eigenvalue weighted by molar-refractivity contribution is -0.137. The van der Waals surface area contributed by atoms with Gasteiger partial charge in [0, 0.05) is 34.6 Å². The van der Waals surface area contributed by atoms with E-state index >= 15 is 4.39 Å². The van der Waals surface area contributed by atoms with Gasteiger partial charge >= 0.3 is 12.2 Å². The number of anilines is 2. The highest BCUT2D eigenvalue weighted by Gasteiger charge is 2.68. The Balaban J connectivity index is 1.33. The number of ether oxygens (including phenoxy) is 1. The summed E-state index contributed by atoms with van der Waals surface area (Å²) in [6.07, 6.45) is 1.00. The van der Waals surface area contributed by atoms with E-state index in [1.54, 1.807) is 7.05 Å². The van der Waals surface area contributed by atoms with Crippen molar-refractivity contribution in [3.05, 3.63) is 35.4 Å². The number of thiazole rings is 1. The molecule has 14 heteroatoms. The highest BCUT2D eigenvalue weighted by atomic mass is 32.1. The van der Waals surface area contributed by atoms with Gasteiger partial charge < -0.3 is 21.1 Å². The van der Waals surface area contributed by atoms with E-state index in [1.165, 1.54) is 0 Å². The summed E-state index contributed by atoms with van der Waals surface area (Å²) in [4.78, 5) is 17.3. The van der Waals surface area contributed by atoms with Crippen LogP contribution in [0.25, 0.3) is 32.2 Å². The van der Waals surface area contributed by atoms with Crippen LogP contribution in [-0.2, 0) is 6.18 Å². The molecule has 0 radical (unpaired) electrons. The van der Waals surface area contributed by atoms with E-state index in [1.807, 2.05) is 4.90 Å². The number of hydrogen-bond donors (Lipinski definition) is 2. The normalized spacial score (nSPS) is 25.7. The monoisotopic (exact) mass is 631 g/mol. The lowest BCUT2D eigenvalue weighted by Crippen LogP contribution is -2.82. The maximum Gasteiger partial charge on any atom is 0.417 e. The molecule has 44 heavy (non-hydrogen) atoms. The number of fused-ring (bicyclic) bond motifs is 3. The Bertz CT molecular complexity index is 1830. The van der Waals surface area contributed by atoms with Crippen LogP contribution in [0.15, 0.2) is 18.2 Å². The second kappa shape index (κ2) is 9.10. The largest absolute Gasteiger partial charge is 0.461 e. The van der Waals surface area contributed by atoms with Crippen LogP contribution in [-0.4, -0.2) is 63.2 Å². The summed E-state index contributed by atoms with van der Waals surface area (Å²) < 4.78 is 81.8. The Kier molecular flexibility index (Phi) is 5.82.